The van der Waals surface area contributed by atoms with E-state index in [9.17, 15) is 4.79 Å². The number of hydroxylamine groups is 1. The van der Waals surface area contributed by atoms with Crippen LogP contribution >= 0.6 is 0 Å². The van der Waals surface area contributed by atoms with Crippen molar-refractivity contribution in [3.05, 3.63) is 34.9 Å². The predicted molar refractivity (Wildman–Crippen MR) is 63.8 cm³/mol. The molecule has 1 aromatic carbocycles. The Labute approximate surface area is 101 Å². The number of benzene rings is 1. The van der Waals surface area contributed by atoms with Gasteiger partial charge in [-0.25, -0.2) is 4.79 Å². The van der Waals surface area contributed by atoms with E-state index in [1.54, 1.807) is 12.1 Å². The molecular formula is C13H17NO3. The number of carboxylic acid groups (broad SMARTS) is 1. The van der Waals surface area contributed by atoms with Crippen LogP contribution in [0.4, 0.5) is 0 Å². The minimum absolute atomic E-state index is 0.109. The summed E-state index contributed by atoms with van der Waals surface area (Å²) >= 11 is 0. The minimum Gasteiger partial charge on any atom is -0.478 e. The van der Waals surface area contributed by atoms with Gasteiger partial charge in [-0.1, -0.05) is 19.1 Å². The van der Waals surface area contributed by atoms with Gasteiger partial charge in [0.2, 0.25) is 0 Å². The highest BCUT2D eigenvalue weighted by molar-refractivity contribution is 5.89. The van der Waals surface area contributed by atoms with E-state index in [0.717, 1.165) is 37.0 Å². The molecular weight excluding hydrogens is 218 g/mol. The number of carbonyl (C=O) groups is 1. The van der Waals surface area contributed by atoms with Gasteiger partial charge in [0.15, 0.2) is 0 Å². The lowest BCUT2D eigenvalue weighted by Gasteiger charge is -2.26. The summed E-state index contributed by atoms with van der Waals surface area (Å²) in [6, 6.07) is 5.55. The third kappa shape index (κ3) is 2.48. The van der Waals surface area contributed by atoms with E-state index >= 15 is 0 Å². The van der Waals surface area contributed by atoms with Gasteiger partial charge in [0, 0.05) is 0 Å². The van der Waals surface area contributed by atoms with E-state index in [4.69, 9.17) is 9.94 Å². The van der Waals surface area contributed by atoms with Gasteiger partial charge in [0.25, 0.3) is 0 Å². The molecule has 92 valence electrons. The van der Waals surface area contributed by atoms with Crippen molar-refractivity contribution >= 4 is 5.97 Å². The fourth-order valence-corrected chi connectivity index (χ4v) is 2.32. The van der Waals surface area contributed by atoms with Gasteiger partial charge in [-0.2, -0.15) is 5.48 Å². The number of hydrogen-bond donors (Lipinski definition) is 2. The highest BCUT2D eigenvalue weighted by Crippen LogP contribution is 2.27. The molecule has 1 aromatic rings. The lowest BCUT2D eigenvalue weighted by molar-refractivity contribution is -0.0197. The van der Waals surface area contributed by atoms with Gasteiger partial charge < -0.3 is 9.94 Å². The summed E-state index contributed by atoms with van der Waals surface area (Å²) in [4.78, 5) is 16.4. The summed E-state index contributed by atoms with van der Waals surface area (Å²) < 4.78 is 0. The van der Waals surface area contributed by atoms with Gasteiger partial charge >= 0.3 is 5.97 Å². The lowest BCUT2D eigenvalue weighted by atomic mass is 9.92. The highest BCUT2D eigenvalue weighted by Gasteiger charge is 2.21. The second-order valence-corrected chi connectivity index (χ2v) is 4.19. The molecule has 0 bridgehead atoms. The number of rotatable bonds is 3. The lowest BCUT2D eigenvalue weighted by Crippen LogP contribution is -2.28. The first kappa shape index (κ1) is 12.1. The molecule has 0 aromatic heterocycles. The van der Waals surface area contributed by atoms with Gasteiger partial charge in [0.05, 0.1) is 18.2 Å². The summed E-state index contributed by atoms with van der Waals surface area (Å²) in [5, 5.41) is 9.17. The normalized spacial score (nSPS) is 20.2. The van der Waals surface area contributed by atoms with E-state index in [1.165, 1.54) is 0 Å². The monoisotopic (exact) mass is 235 g/mol. The van der Waals surface area contributed by atoms with Crippen molar-refractivity contribution in [2.45, 2.75) is 32.2 Å². The zero-order valence-electron chi connectivity index (χ0n) is 9.90. The fourth-order valence-electron chi connectivity index (χ4n) is 2.32. The summed E-state index contributed by atoms with van der Waals surface area (Å²) in [5.74, 6) is -0.861. The van der Waals surface area contributed by atoms with Crippen LogP contribution < -0.4 is 5.48 Å². The molecule has 2 N–H and O–H groups in total. The zero-order chi connectivity index (χ0) is 12.3. The second-order valence-electron chi connectivity index (χ2n) is 4.19. The molecule has 0 aliphatic carbocycles. The van der Waals surface area contributed by atoms with Crippen molar-refractivity contribution in [1.82, 2.24) is 5.48 Å². The maximum absolute atomic E-state index is 11.2. The molecule has 4 nitrogen and oxygen atoms in total. The van der Waals surface area contributed by atoms with Crippen molar-refractivity contribution in [2.24, 2.45) is 0 Å². The standard InChI is InChI=1S/C13H17NO3/c1-2-9-10(12-7-4-8-17-14-12)5-3-6-11(9)13(15)16/h3,5-6,12,14H,2,4,7-8H2,1H3,(H,15,16). The summed E-state index contributed by atoms with van der Waals surface area (Å²) in [6.07, 6.45) is 2.70. The number of hydrogen-bond acceptors (Lipinski definition) is 3. The van der Waals surface area contributed by atoms with Crippen LogP contribution in [-0.2, 0) is 11.3 Å². The smallest absolute Gasteiger partial charge is 0.335 e. The largest absolute Gasteiger partial charge is 0.478 e. The molecule has 1 heterocycles. The topological polar surface area (TPSA) is 58.6 Å². The second kappa shape index (κ2) is 5.29. The van der Waals surface area contributed by atoms with E-state index < -0.39 is 5.97 Å². The van der Waals surface area contributed by atoms with Crippen LogP contribution in [0.15, 0.2) is 18.2 Å². The first-order valence-electron chi connectivity index (χ1n) is 5.96. The molecule has 1 fully saturated rings. The maximum atomic E-state index is 11.2. The first-order valence-corrected chi connectivity index (χ1v) is 5.96. The van der Waals surface area contributed by atoms with Crippen molar-refractivity contribution in [3.8, 4) is 0 Å². The fraction of sp³-hybridized carbons (Fsp3) is 0.462. The van der Waals surface area contributed by atoms with Crippen LogP contribution in [0.5, 0.6) is 0 Å². The molecule has 4 heteroatoms. The Morgan fingerprint density at radius 3 is 3.00 bits per heavy atom. The number of aromatic carboxylic acids is 1. The molecule has 1 atom stereocenters. The van der Waals surface area contributed by atoms with Crippen molar-refractivity contribution in [3.63, 3.8) is 0 Å². The van der Waals surface area contributed by atoms with Gasteiger partial charge in [-0.15, -0.1) is 0 Å². The maximum Gasteiger partial charge on any atom is 0.335 e. The molecule has 1 aliphatic heterocycles. The molecule has 0 saturated carbocycles. The van der Waals surface area contributed by atoms with Crippen LogP contribution in [0.2, 0.25) is 0 Å². The van der Waals surface area contributed by atoms with Gasteiger partial charge in [-0.05, 0) is 36.5 Å². The van der Waals surface area contributed by atoms with E-state index in [0.29, 0.717) is 5.56 Å². The number of nitrogens with one attached hydrogen (secondary N) is 1. The SMILES string of the molecule is CCc1c(C(=O)O)cccc1C1CCCON1. The predicted octanol–water partition coefficient (Wildman–Crippen LogP) is 2.30. The highest BCUT2D eigenvalue weighted by atomic mass is 16.6. The Morgan fingerprint density at radius 1 is 1.59 bits per heavy atom. The third-order valence-electron chi connectivity index (χ3n) is 3.14. The molecule has 0 radical (unpaired) electrons. The van der Waals surface area contributed by atoms with E-state index in [1.807, 2.05) is 13.0 Å². The molecule has 0 amide bonds. The average Bonchev–Trinajstić information content (AvgIpc) is 2.38. The Bertz CT molecular complexity index is 411. The Morgan fingerprint density at radius 2 is 2.41 bits per heavy atom. The van der Waals surface area contributed by atoms with Crippen LogP contribution in [-0.4, -0.2) is 17.7 Å². The Kier molecular flexibility index (Phi) is 3.76. The summed E-state index contributed by atoms with van der Waals surface area (Å²) in [6.45, 7) is 2.70. The van der Waals surface area contributed by atoms with Crippen molar-refractivity contribution < 1.29 is 14.7 Å². The zero-order valence-corrected chi connectivity index (χ0v) is 9.90. The number of carboxylic acids is 1. The van der Waals surface area contributed by atoms with E-state index in [2.05, 4.69) is 5.48 Å². The molecule has 1 saturated heterocycles. The molecule has 1 unspecified atom stereocenters. The average molecular weight is 235 g/mol. The van der Waals surface area contributed by atoms with Crippen molar-refractivity contribution in [2.75, 3.05) is 6.61 Å². The van der Waals surface area contributed by atoms with E-state index in [-0.39, 0.29) is 6.04 Å². The van der Waals surface area contributed by atoms with Crippen molar-refractivity contribution in [1.29, 1.82) is 0 Å². The molecule has 17 heavy (non-hydrogen) atoms. The van der Waals surface area contributed by atoms with Gasteiger partial charge in [0.1, 0.15) is 0 Å². The summed E-state index contributed by atoms with van der Waals surface area (Å²) in [7, 11) is 0. The molecule has 0 spiro atoms. The van der Waals surface area contributed by atoms with Crippen LogP contribution in [0.3, 0.4) is 0 Å². The van der Waals surface area contributed by atoms with Crippen LogP contribution in [0, 0.1) is 0 Å². The first-order chi connectivity index (χ1) is 8.24. The quantitative estimate of drug-likeness (QED) is 0.844. The molecule has 2 rings (SSSR count). The molecule has 1 aliphatic rings. The minimum atomic E-state index is -0.861. The Hall–Kier alpha value is -1.39. The third-order valence-corrected chi connectivity index (χ3v) is 3.14. The van der Waals surface area contributed by atoms with Crippen LogP contribution in [0.25, 0.3) is 0 Å². The van der Waals surface area contributed by atoms with Gasteiger partial charge in [-0.3, -0.25) is 0 Å². The van der Waals surface area contributed by atoms with Crippen LogP contribution in [0.1, 0.15) is 47.3 Å². The summed E-state index contributed by atoms with van der Waals surface area (Å²) in [5.41, 5.74) is 5.34. The Balaban J connectivity index is 2.38.